The Morgan fingerprint density at radius 2 is 2.00 bits per heavy atom. The molecular formula is C23H21ClFN5O. The van der Waals surface area contributed by atoms with Gasteiger partial charge >= 0.3 is 0 Å². The maximum Gasteiger partial charge on any atom is 0.219 e. The van der Waals surface area contributed by atoms with E-state index in [1.807, 2.05) is 22.9 Å². The summed E-state index contributed by atoms with van der Waals surface area (Å²) in [5.74, 6) is 0.710. The summed E-state index contributed by atoms with van der Waals surface area (Å²) in [6, 6.07) is 10.8. The number of anilines is 1. The molecule has 2 aromatic carbocycles. The Balaban J connectivity index is 1.51. The van der Waals surface area contributed by atoms with Crippen LogP contribution in [0.2, 0.25) is 5.02 Å². The highest BCUT2D eigenvalue weighted by molar-refractivity contribution is 6.32. The van der Waals surface area contributed by atoms with Crippen LogP contribution in [0.25, 0.3) is 16.6 Å². The molecule has 31 heavy (non-hydrogen) atoms. The van der Waals surface area contributed by atoms with Crippen LogP contribution in [0, 0.1) is 5.82 Å². The first-order valence-corrected chi connectivity index (χ1v) is 10.4. The lowest BCUT2D eigenvalue weighted by molar-refractivity contribution is 0.151. The molecule has 2 N–H and O–H groups in total. The van der Waals surface area contributed by atoms with Gasteiger partial charge in [-0.05, 0) is 43.3 Å². The summed E-state index contributed by atoms with van der Waals surface area (Å²) >= 11 is 6.64. The molecule has 1 atom stereocenters. The predicted molar refractivity (Wildman–Crippen MR) is 119 cm³/mol. The van der Waals surface area contributed by atoms with Gasteiger partial charge in [-0.1, -0.05) is 11.6 Å². The first-order chi connectivity index (χ1) is 15.0. The largest absolute Gasteiger partial charge is 0.490 e. The van der Waals surface area contributed by atoms with Crippen molar-refractivity contribution in [2.75, 3.05) is 12.3 Å². The third kappa shape index (κ3) is 3.82. The molecule has 1 unspecified atom stereocenters. The number of nitrogen functional groups attached to an aromatic ring is 1. The average molecular weight is 438 g/mol. The van der Waals surface area contributed by atoms with E-state index < -0.39 is 0 Å². The van der Waals surface area contributed by atoms with Crippen molar-refractivity contribution in [3.05, 3.63) is 77.0 Å². The van der Waals surface area contributed by atoms with E-state index in [9.17, 15) is 4.39 Å². The highest BCUT2D eigenvalue weighted by atomic mass is 35.5. The van der Waals surface area contributed by atoms with E-state index >= 15 is 0 Å². The monoisotopic (exact) mass is 437 g/mol. The van der Waals surface area contributed by atoms with E-state index in [4.69, 9.17) is 22.1 Å². The summed E-state index contributed by atoms with van der Waals surface area (Å²) in [7, 11) is 0. The number of aromatic nitrogens is 3. The molecule has 5 rings (SSSR count). The molecule has 8 heteroatoms. The summed E-state index contributed by atoms with van der Waals surface area (Å²) < 4.78 is 21.7. The molecule has 2 aromatic heterocycles. The van der Waals surface area contributed by atoms with Crippen molar-refractivity contribution >= 4 is 28.5 Å². The van der Waals surface area contributed by atoms with Crippen molar-refractivity contribution in [3.63, 3.8) is 0 Å². The van der Waals surface area contributed by atoms with Crippen molar-refractivity contribution in [2.45, 2.75) is 26.1 Å². The van der Waals surface area contributed by atoms with Gasteiger partial charge < -0.3 is 15.0 Å². The third-order valence-corrected chi connectivity index (χ3v) is 5.89. The number of halogens is 2. The van der Waals surface area contributed by atoms with Crippen LogP contribution in [-0.4, -0.2) is 32.1 Å². The average Bonchev–Trinajstić information content (AvgIpc) is 3.09. The second-order valence-corrected chi connectivity index (χ2v) is 8.23. The van der Waals surface area contributed by atoms with E-state index in [-0.39, 0.29) is 17.8 Å². The third-order valence-electron chi connectivity index (χ3n) is 5.61. The molecule has 1 aliphatic rings. The fourth-order valence-corrected chi connectivity index (χ4v) is 4.26. The van der Waals surface area contributed by atoms with Crippen molar-refractivity contribution in [2.24, 2.45) is 0 Å². The second kappa shape index (κ2) is 7.83. The van der Waals surface area contributed by atoms with E-state index in [2.05, 4.69) is 27.9 Å². The molecular weight excluding hydrogens is 417 g/mol. The minimum absolute atomic E-state index is 0.167. The van der Waals surface area contributed by atoms with E-state index in [1.54, 1.807) is 18.5 Å². The predicted octanol–water partition coefficient (Wildman–Crippen LogP) is 4.58. The van der Waals surface area contributed by atoms with Crippen molar-refractivity contribution in [1.29, 1.82) is 0 Å². The fraction of sp³-hybridized carbons (Fsp3) is 0.217. The van der Waals surface area contributed by atoms with Crippen molar-refractivity contribution in [3.8, 4) is 11.4 Å². The quantitative estimate of drug-likeness (QED) is 0.508. The topological polar surface area (TPSA) is 69.2 Å². The van der Waals surface area contributed by atoms with Gasteiger partial charge in [0.05, 0.1) is 10.5 Å². The standard InChI is InChI=1S/C23H21ClFN5O/c1-14-13-31-22-17(12-29(14)11-15-9-27-23(26)28-10-15)7-19(8-20(22)24)30-5-4-16-6-18(25)2-3-21(16)30/h2-10,14H,11-13H2,1H3,(H2,26,27,28). The fourth-order valence-electron chi connectivity index (χ4n) is 3.97. The summed E-state index contributed by atoms with van der Waals surface area (Å²) in [4.78, 5) is 10.5. The maximum atomic E-state index is 13.6. The van der Waals surface area contributed by atoms with Crippen molar-refractivity contribution < 1.29 is 9.13 Å². The number of hydrogen-bond donors (Lipinski definition) is 1. The van der Waals surface area contributed by atoms with Gasteiger partial charge in [0, 0.05) is 59.9 Å². The van der Waals surface area contributed by atoms with E-state index in [0.29, 0.717) is 30.5 Å². The Labute approximate surface area is 184 Å². The molecule has 0 bridgehead atoms. The van der Waals surface area contributed by atoms with E-state index in [1.165, 1.54) is 12.1 Å². The molecule has 0 fully saturated rings. The zero-order chi connectivity index (χ0) is 21.5. The Bertz CT molecular complexity index is 1260. The number of benzene rings is 2. The minimum atomic E-state index is -0.255. The zero-order valence-corrected chi connectivity index (χ0v) is 17.7. The van der Waals surface area contributed by atoms with E-state index in [0.717, 1.165) is 27.7 Å². The smallest absolute Gasteiger partial charge is 0.219 e. The number of nitrogens with zero attached hydrogens (tertiary/aromatic N) is 4. The van der Waals surface area contributed by atoms with Gasteiger partial charge in [-0.15, -0.1) is 0 Å². The van der Waals surface area contributed by atoms with Crippen molar-refractivity contribution in [1.82, 2.24) is 19.4 Å². The number of ether oxygens (including phenoxy) is 1. The molecule has 0 spiro atoms. The van der Waals surface area contributed by atoms with Crippen LogP contribution >= 0.6 is 11.6 Å². The maximum absolute atomic E-state index is 13.6. The molecule has 0 radical (unpaired) electrons. The highest BCUT2D eigenvalue weighted by Crippen LogP contribution is 2.36. The molecule has 6 nitrogen and oxygen atoms in total. The van der Waals surface area contributed by atoms with Crippen LogP contribution in [0.5, 0.6) is 5.75 Å². The molecule has 158 valence electrons. The normalized spacial score (nSPS) is 16.7. The lowest BCUT2D eigenvalue weighted by Crippen LogP contribution is -2.34. The van der Waals surface area contributed by atoms with Gasteiger partial charge in [-0.3, -0.25) is 4.90 Å². The number of hydrogen-bond acceptors (Lipinski definition) is 5. The molecule has 0 amide bonds. The lowest BCUT2D eigenvalue weighted by atomic mass is 10.1. The van der Waals surface area contributed by atoms with Gasteiger partial charge in [0.2, 0.25) is 5.95 Å². The summed E-state index contributed by atoms with van der Waals surface area (Å²) in [5, 5.41) is 1.39. The summed E-state index contributed by atoms with van der Waals surface area (Å²) in [5.41, 5.74) is 9.39. The second-order valence-electron chi connectivity index (χ2n) is 7.82. The summed E-state index contributed by atoms with van der Waals surface area (Å²) in [6.07, 6.45) is 5.41. The SMILES string of the molecule is CC1COc2c(Cl)cc(-n3ccc4cc(F)ccc43)cc2CN1Cc1cnc(N)nc1. The molecule has 1 aliphatic heterocycles. The Kier molecular flexibility index (Phi) is 5.00. The molecule has 0 saturated carbocycles. The van der Waals surface area contributed by atoms with Crippen LogP contribution < -0.4 is 10.5 Å². The molecule has 0 saturated heterocycles. The van der Waals surface area contributed by atoms with Crippen LogP contribution in [0.1, 0.15) is 18.1 Å². The van der Waals surface area contributed by atoms with Gasteiger partial charge in [-0.2, -0.15) is 0 Å². The van der Waals surface area contributed by atoms with Gasteiger partial charge in [0.15, 0.2) is 0 Å². The van der Waals surface area contributed by atoms with Crippen LogP contribution in [-0.2, 0) is 13.1 Å². The minimum Gasteiger partial charge on any atom is -0.490 e. The Hall–Kier alpha value is -3.16. The molecule has 3 heterocycles. The molecule has 4 aromatic rings. The first-order valence-electron chi connectivity index (χ1n) is 10.0. The highest BCUT2D eigenvalue weighted by Gasteiger charge is 2.24. The number of nitrogens with two attached hydrogens (primary N) is 1. The Morgan fingerprint density at radius 1 is 1.19 bits per heavy atom. The Morgan fingerprint density at radius 3 is 2.81 bits per heavy atom. The number of rotatable bonds is 3. The van der Waals surface area contributed by atoms with Crippen LogP contribution in [0.3, 0.4) is 0 Å². The zero-order valence-electron chi connectivity index (χ0n) is 16.9. The van der Waals surface area contributed by atoms with Gasteiger partial charge in [-0.25, -0.2) is 14.4 Å². The first kappa shape index (κ1) is 19.8. The summed E-state index contributed by atoms with van der Waals surface area (Å²) in [6.45, 7) is 3.96. The number of fused-ring (bicyclic) bond motifs is 2. The van der Waals surface area contributed by atoms with Crippen LogP contribution in [0.4, 0.5) is 10.3 Å². The van der Waals surface area contributed by atoms with Gasteiger partial charge in [0.1, 0.15) is 18.2 Å². The van der Waals surface area contributed by atoms with Crippen LogP contribution in [0.15, 0.2) is 55.0 Å². The van der Waals surface area contributed by atoms with Gasteiger partial charge in [0.25, 0.3) is 0 Å². The molecule has 0 aliphatic carbocycles. The lowest BCUT2D eigenvalue weighted by Gasteiger charge is -2.25.